The number of hydrogen-bond acceptors (Lipinski definition) is 2. The van der Waals surface area contributed by atoms with Crippen molar-refractivity contribution in [3.63, 3.8) is 0 Å². The van der Waals surface area contributed by atoms with Gasteiger partial charge < -0.3 is 5.32 Å². The minimum Gasteiger partial charge on any atom is -0.314 e. The Morgan fingerprint density at radius 2 is 1.80 bits per heavy atom. The van der Waals surface area contributed by atoms with Gasteiger partial charge in [0.25, 0.3) is 0 Å². The second-order valence-corrected chi connectivity index (χ2v) is 6.35. The van der Waals surface area contributed by atoms with Crippen molar-refractivity contribution >= 4 is 0 Å². The minimum absolute atomic E-state index is 0.498. The first-order valence-corrected chi connectivity index (χ1v) is 6.39. The summed E-state index contributed by atoms with van der Waals surface area (Å²) in [5, 5.41) is 3.51. The third-order valence-electron chi connectivity index (χ3n) is 5.14. The highest BCUT2D eigenvalue weighted by atomic mass is 15.3. The second kappa shape index (κ2) is 3.46. The Morgan fingerprint density at radius 1 is 1.20 bits per heavy atom. The average molecular weight is 210 g/mol. The Bertz CT molecular complexity index is 231. The van der Waals surface area contributed by atoms with Gasteiger partial charge in [-0.15, -0.1) is 0 Å². The highest BCUT2D eigenvalue weighted by molar-refractivity contribution is 5.19. The topological polar surface area (TPSA) is 15.3 Å². The van der Waals surface area contributed by atoms with E-state index in [4.69, 9.17) is 0 Å². The molecule has 0 radical (unpaired) electrons. The van der Waals surface area contributed by atoms with Crippen molar-refractivity contribution in [2.75, 3.05) is 19.6 Å². The summed E-state index contributed by atoms with van der Waals surface area (Å²) in [5.74, 6) is 0. The first-order chi connectivity index (χ1) is 6.93. The van der Waals surface area contributed by atoms with Gasteiger partial charge in [0.15, 0.2) is 0 Å². The molecule has 0 aromatic carbocycles. The average Bonchev–Trinajstić information content (AvgIpc) is 2.57. The van der Waals surface area contributed by atoms with Gasteiger partial charge in [0.05, 0.1) is 0 Å². The van der Waals surface area contributed by atoms with Crippen molar-refractivity contribution in [3.05, 3.63) is 0 Å². The molecule has 0 spiro atoms. The number of nitrogens with zero attached hydrogens (tertiary/aromatic N) is 1. The van der Waals surface area contributed by atoms with Crippen molar-refractivity contribution in [2.45, 2.75) is 53.1 Å². The van der Waals surface area contributed by atoms with Crippen LogP contribution in [0.5, 0.6) is 0 Å². The molecule has 1 aliphatic heterocycles. The highest BCUT2D eigenvalue weighted by Gasteiger charge is 2.67. The standard InChI is InChI=1S/C13H26N2/c1-6-10-9-14-7-8-15(10)11-12(2,3)13(11,4)5/h10-11,14H,6-9H2,1-5H3. The minimum atomic E-state index is 0.498. The van der Waals surface area contributed by atoms with Gasteiger partial charge in [-0.3, -0.25) is 4.90 Å². The fourth-order valence-corrected chi connectivity index (χ4v) is 3.49. The van der Waals surface area contributed by atoms with Crippen LogP contribution in [-0.4, -0.2) is 36.6 Å². The first-order valence-electron chi connectivity index (χ1n) is 6.39. The van der Waals surface area contributed by atoms with E-state index < -0.39 is 0 Å². The van der Waals surface area contributed by atoms with E-state index in [-0.39, 0.29) is 0 Å². The molecule has 1 atom stereocenters. The molecule has 2 nitrogen and oxygen atoms in total. The maximum absolute atomic E-state index is 3.51. The number of rotatable bonds is 2. The second-order valence-electron chi connectivity index (χ2n) is 6.35. The monoisotopic (exact) mass is 210 g/mol. The van der Waals surface area contributed by atoms with E-state index in [0.29, 0.717) is 10.8 Å². The Balaban J connectivity index is 2.11. The van der Waals surface area contributed by atoms with E-state index in [0.717, 1.165) is 12.1 Å². The maximum Gasteiger partial charge on any atom is 0.0221 e. The van der Waals surface area contributed by atoms with Crippen molar-refractivity contribution in [1.82, 2.24) is 10.2 Å². The van der Waals surface area contributed by atoms with Crippen LogP contribution < -0.4 is 5.32 Å². The summed E-state index contributed by atoms with van der Waals surface area (Å²) in [7, 11) is 0. The zero-order chi connectivity index (χ0) is 11.3. The van der Waals surface area contributed by atoms with Gasteiger partial charge in [0, 0.05) is 31.7 Å². The molecule has 88 valence electrons. The smallest absolute Gasteiger partial charge is 0.0221 e. The van der Waals surface area contributed by atoms with E-state index in [1.165, 1.54) is 26.1 Å². The summed E-state index contributed by atoms with van der Waals surface area (Å²) in [6, 6.07) is 1.54. The quantitative estimate of drug-likeness (QED) is 0.751. The molecule has 0 aromatic heterocycles. The van der Waals surface area contributed by atoms with Crippen LogP contribution in [0.3, 0.4) is 0 Å². The molecule has 1 N–H and O–H groups in total. The van der Waals surface area contributed by atoms with Crippen molar-refractivity contribution in [1.29, 1.82) is 0 Å². The summed E-state index contributed by atoms with van der Waals surface area (Å²) in [6.07, 6.45) is 1.27. The van der Waals surface area contributed by atoms with Crippen LogP contribution >= 0.6 is 0 Å². The Morgan fingerprint density at radius 3 is 2.27 bits per heavy atom. The summed E-state index contributed by atoms with van der Waals surface area (Å²) in [5.41, 5.74) is 0.996. The Labute approximate surface area is 94.4 Å². The zero-order valence-corrected chi connectivity index (χ0v) is 10.9. The lowest BCUT2D eigenvalue weighted by Gasteiger charge is -2.37. The lowest BCUT2D eigenvalue weighted by molar-refractivity contribution is 0.124. The molecule has 1 aliphatic carbocycles. The summed E-state index contributed by atoms with van der Waals surface area (Å²) < 4.78 is 0. The lowest BCUT2D eigenvalue weighted by atomic mass is 10.0. The summed E-state index contributed by atoms with van der Waals surface area (Å²) in [4.78, 5) is 2.76. The van der Waals surface area contributed by atoms with Crippen LogP contribution in [-0.2, 0) is 0 Å². The van der Waals surface area contributed by atoms with Gasteiger partial charge in [-0.05, 0) is 17.3 Å². The summed E-state index contributed by atoms with van der Waals surface area (Å²) in [6.45, 7) is 15.6. The van der Waals surface area contributed by atoms with Gasteiger partial charge in [-0.2, -0.15) is 0 Å². The third-order valence-corrected chi connectivity index (χ3v) is 5.14. The van der Waals surface area contributed by atoms with Gasteiger partial charge in [0.1, 0.15) is 0 Å². The maximum atomic E-state index is 3.51. The lowest BCUT2D eigenvalue weighted by Crippen LogP contribution is -2.53. The number of nitrogens with one attached hydrogen (secondary N) is 1. The van der Waals surface area contributed by atoms with Crippen LogP contribution in [0.4, 0.5) is 0 Å². The van der Waals surface area contributed by atoms with Crippen LogP contribution in [0.25, 0.3) is 0 Å². The van der Waals surface area contributed by atoms with Crippen molar-refractivity contribution < 1.29 is 0 Å². The van der Waals surface area contributed by atoms with Gasteiger partial charge in [-0.25, -0.2) is 0 Å². The molecule has 2 fully saturated rings. The Kier molecular flexibility index (Phi) is 2.63. The molecule has 2 aliphatic rings. The molecule has 1 heterocycles. The molecule has 1 unspecified atom stereocenters. The normalized spacial score (nSPS) is 35.4. The van der Waals surface area contributed by atoms with E-state index in [9.17, 15) is 0 Å². The van der Waals surface area contributed by atoms with Crippen LogP contribution in [0.1, 0.15) is 41.0 Å². The molecule has 0 aromatic rings. The Hall–Kier alpha value is -0.0800. The molecular formula is C13H26N2. The van der Waals surface area contributed by atoms with E-state index in [1.54, 1.807) is 0 Å². The molecule has 1 saturated heterocycles. The predicted octanol–water partition coefficient (Wildman–Crippen LogP) is 2.10. The molecule has 1 saturated carbocycles. The summed E-state index contributed by atoms with van der Waals surface area (Å²) >= 11 is 0. The van der Waals surface area contributed by atoms with E-state index in [1.807, 2.05) is 0 Å². The fourth-order valence-electron chi connectivity index (χ4n) is 3.49. The molecular weight excluding hydrogens is 184 g/mol. The number of piperazine rings is 1. The molecule has 2 heteroatoms. The van der Waals surface area contributed by atoms with Crippen molar-refractivity contribution in [2.24, 2.45) is 10.8 Å². The van der Waals surface area contributed by atoms with Gasteiger partial charge in [0.2, 0.25) is 0 Å². The van der Waals surface area contributed by atoms with E-state index in [2.05, 4.69) is 44.8 Å². The van der Waals surface area contributed by atoms with Crippen LogP contribution in [0.15, 0.2) is 0 Å². The zero-order valence-electron chi connectivity index (χ0n) is 10.9. The first kappa shape index (κ1) is 11.4. The molecule has 0 bridgehead atoms. The van der Waals surface area contributed by atoms with Gasteiger partial charge >= 0.3 is 0 Å². The molecule has 2 rings (SSSR count). The van der Waals surface area contributed by atoms with Gasteiger partial charge in [-0.1, -0.05) is 34.6 Å². The SMILES string of the molecule is CCC1CNCCN1C1C(C)(C)C1(C)C. The highest BCUT2D eigenvalue weighted by Crippen LogP contribution is 2.65. The number of hydrogen-bond donors (Lipinski definition) is 1. The van der Waals surface area contributed by atoms with Crippen LogP contribution in [0.2, 0.25) is 0 Å². The third kappa shape index (κ3) is 1.53. The van der Waals surface area contributed by atoms with E-state index >= 15 is 0 Å². The largest absolute Gasteiger partial charge is 0.314 e. The fraction of sp³-hybridized carbons (Fsp3) is 1.00. The molecule has 15 heavy (non-hydrogen) atoms. The predicted molar refractivity (Wildman–Crippen MR) is 65.0 cm³/mol. The molecule has 0 amide bonds. The van der Waals surface area contributed by atoms with Crippen molar-refractivity contribution in [3.8, 4) is 0 Å². The van der Waals surface area contributed by atoms with Crippen LogP contribution in [0, 0.1) is 10.8 Å².